The summed E-state index contributed by atoms with van der Waals surface area (Å²) in [5.74, 6) is -0.674. The van der Waals surface area contributed by atoms with Gasteiger partial charge in [-0.25, -0.2) is 0 Å². The highest BCUT2D eigenvalue weighted by Gasteiger charge is 2.48. The van der Waals surface area contributed by atoms with Crippen molar-refractivity contribution in [3.8, 4) is 5.75 Å². The normalized spacial score (nSPS) is 16.7. The van der Waals surface area contributed by atoms with E-state index < -0.39 is 17.7 Å². The van der Waals surface area contributed by atoms with Crippen molar-refractivity contribution in [1.82, 2.24) is 10.2 Å². The van der Waals surface area contributed by atoms with E-state index in [1.807, 2.05) is 37.3 Å². The molecule has 1 atom stereocenters. The second-order valence-corrected chi connectivity index (χ2v) is 10.9. The number of hydrogen-bond donors (Lipinski definition) is 1. The minimum atomic E-state index is -0.912. The lowest BCUT2D eigenvalue weighted by Gasteiger charge is -2.23. The number of aromatic nitrogens is 2. The fraction of sp³-hybridized carbons (Fsp3) is 0.143. The number of aliphatic hydroxyl groups excluding tert-OH is 1. The molecule has 1 unspecified atom stereocenters. The first kappa shape index (κ1) is 26.0. The Morgan fingerprint density at radius 1 is 1.05 bits per heavy atom. The molecule has 1 aliphatic rings. The number of aliphatic hydroxyl groups is 1. The topological polar surface area (TPSA) is 92.6 Å². The number of Topliss-reactive ketones (excluding diaryl/α,β-unsaturated/α-hetero) is 1. The first-order chi connectivity index (χ1) is 18.5. The van der Waals surface area contributed by atoms with Gasteiger partial charge in [0.25, 0.3) is 5.78 Å². The quantitative estimate of drug-likeness (QED) is 0.0858. The van der Waals surface area contributed by atoms with E-state index in [0.717, 1.165) is 5.56 Å². The molecule has 0 spiro atoms. The number of ether oxygens (including phenoxy) is 1. The molecule has 10 heteroatoms. The van der Waals surface area contributed by atoms with Crippen LogP contribution in [0.25, 0.3) is 5.76 Å². The van der Waals surface area contributed by atoms with Crippen molar-refractivity contribution in [2.24, 2.45) is 0 Å². The molecule has 0 saturated carbocycles. The van der Waals surface area contributed by atoms with Crippen molar-refractivity contribution in [1.29, 1.82) is 0 Å². The molecular weight excluding hydrogens is 542 g/mol. The molecule has 1 fully saturated rings. The van der Waals surface area contributed by atoms with Crippen LogP contribution < -0.4 is 9.64 Å². The second-order valence-electron chi connectivity index (χ2n) is 8.27. The van der Waals surface area contributed by atoms with Crippen molar-refractivity contribution in [2.75, 3.05) is 11.5 Å². The Bertz CT molecular complexity index is 1520. The number of halogens is 1. The highest BCUT2D eigenvalue weighted by Crippen LogP contribution is 2.44. The summed E-state index contributed by atoms with van der Waals surface area (Å²) in [4.78, 5) is 28.0. The number of carbonyl (C=O) groups excluding carboxylic acids is 2. The van der Waals surface area contributed by atoms with Gasteiger partial charge in [0.1, 0.15) is 11.5 Å². The number of carbonyl (C=O) groups is 2. The fourth-order valence-corrected chi connectivity index (χ4v) is 6.30. The molecule has 3 aromatic carbocycles. The van der Waals surface area contributed by atoms with Crippen LogP contribution in [0.5, 0.6) is 5.75 Å². The molecule has 1 amide bonds. The molecule has 1 aliphatic heterocycles. The van der Waals surface area contributed by atoms with Gasteiger partial charge in [-0.05, 0) is 36.2 Å². The molecule has 5 rings (SSSR count). The van der Waals surface area contributed by atoms with E-state index in [4.69, 9.17) is 16.3 Å². The maximum absolute atomic E-state index is 13.4. The predicted octanol–water partition coefficient (Wildman–Crippen LogP) is 6.51. The Kier molecular flexibility index (Phi) is 7.78. The number of rotatable bonds is 8. The van der Waals surface area contributed by atoms with Crippen LogP contribution in [0.4, 0.5) is 5.13 Å². The van der Waals surface area contributed by atoms with E-state index in [9.17, 15) is 14.7 Å². The van der Waals surface area contributed by atoms with Crippen LogP contribution in [0.2, 0.25) is 5.02 Å². The lowest BCUT2D eigenvalue weighted by atomic mass is 9.95. The SMILES string of the molecule is CCOc1cccc(C2/C(=C(\O)c3ccccc3)C(=O)C(=O)N2c2nnc(SCc3ccccc3Cl)s2)c1. The van der Waals surface area contributed by atoms with E-state index in [-0.39, 0.29) is 16.5 Å². The van der Waals surface area contributed by atoms with Gasteiger partial charge in [0.15, 0.2) is 4.34 Å². The van der Waals surface area contributed by atoms with E-state index in [1.165, 1.54) is 28.0 Å². The van der Waals surface area contributed by atoms with Crippen LogP contribution in [-0.2, 0) is 15.3 Å². The van der Waals surface area contributed by atoms with Crippen molar-refractivity contribution < 1.29 is 19.4 Å². The zero-order valence-electron chi connectivity index (χ0n) is 20.2. The molecule has 0 aliphatic carbocycles. The Morgan fingerprint density at radius 2 is 1.82 bits per heavy atom. The van der Waals surface area contributed by atoms with Gasteiger partial charge in [-0.2, -0.15) is 0 Å². The largest absolute Gasteiger partial charge is 0.507 e. The van der Waals surface area contributed by atoms with Crippen LogP contribution >= 0.6 is 34.7 Å². The lowest BCUT2D eigenvalue weighted by molar-refractivity contribution is -0.132. The van der Waals surface area contributed by atoms with Gasteiger partial charge in [0, 0.05) is 16.3 Å². The summed E-state index contributed by atoms with van der Waals surface area (Å²) in [6.45, 7) is 2.33. The van der Waals surface area contributed by atoms with Gasteiger partial charge in [-0.15, -0.1) is 10.2 Å². The third kappa shape index (κ3) is 5.18. The van der Waals surface area contributed by atoms with E-state index in [1.54, 1.807) is 48.5 Å². The summed E-state index contributed by atoms with van der Waals surface area (Å²) in [6.07, 6.45) is 0. The molecule has 0 radical (unpaired) electrons. The molecule has 1 N–H and O–H groups in total. The molecule has 1 aromatic heterocycles. The van der Waals surface area contributed by atoms with Crippen LogP contribution in [0, 0.1) is 0 Å². The number of nitrogens with zero attached hydrogens (tertiary/aromatic N) is 3. The summed E-state index contributed by atoms with van der Waals surface area (Å²) < 4.78 is 6.28. The van der Waals surface area contributed by atoms with Crippen molar-refractivity contribution >= 4 is 57.3 Å². The summed E-state index contributed by atoms with van der Waals surface area (Å²) in [6, 6.07) is 22.4. The van der Waals surface area contributed by atoms with Gasteiger partial charge >= 0.3 is 5.91 Å². The molecule has 0 bridgehead atoms. The zero-order valence-corrected chi connectivity index (χ0v) is 22.6. The minimum Gasteiger partial charge on any atom is -0.507 e. The van der Waals surface area contributed by atoms with Crippen LogP contribution in [0.1, 0.15) is 29.7 Å². The van der Waals surface area contributed by atoms with Gasteiger partial charge < -0.3 is 9.84 Å². The fourth-order valence-electron chi connectivity index (χ4n) is 4.15. The highest BCUT2D eigenvalue weighted by atomic mass is 35.5. The summed E-state index contributed by atoms with van der Waals surface area (Å²) >= 11 is 8.91. The summed E-state index contributed by atoms with van der Waals surface area (Å²) in [7, 11) is 0. The Balaban J connectivity index is 1.55. The maximum Gasteiger partial charge on any atom is 0.301 e. The van der Waals surface area contributed by atoms with Crippen LogP contribution in [0.15, 0.2) is 88.8 Å². The third-order valence-corrected chi connectivity index (χ3v) is 8.36. The average molecular weight is 564 g/mol. The maximum atomic E-state index is 13.4. The van der Waals surface area contributed by atoms with Gasteiger partial charge in [-0.3, -0.25) is 14.5 Å². The monoisotopic (exact) mass is 563 g/mol. The molecule has 2 heterocycles. The third-order valence-electron chi connectivity index (χ3n) is 5.89. The Morgan fingerprint density at radius 3 is 2.58 bits per heavy atom. The first-order valence-electron chi connectivity index (χ1n) is 11.8. The molecule has 192 valence electrons. The standard InChI is InChI=1S/C28H22ClN3O4S2/c1-2-36-20-13-8-12-18(15-20)23-22(24(33)17-9-4-3-5-10-17)25(34)26(35)32(23)27-30-31-28(38-27)37-16-19-11-6-7-14-21(19)29/h3-15,23,33H,2,16H2,1H3/b24-22+. The van der Waals surface area contributed by atoms with Gasteiger partial charge in [0.05, 0.1) is 18.2 Å². The van der Waals surface area contributed by atoms with E-state index >= 15 is 0 Å². The Labute approximate surface area is 232 Å². The molecular formula is C28H22ClN3O4S2. The van der Waals surface area contributed by atoms with Gasteiger partial charge in [0.2, 0.25) is 5.13 Å². The number of ketones is 1. The molecule has 7 nitrogen and oxygen atoms in total. The number of anilines is 1. The number of thioether (sulfide) groups is 1. The predicted molar refractivity (Wildman–Crippen MR) is 150 cm³/mol. The van der Waals surface area contributed by atoms with Crippen molar-refractivity contribution in [3.63, 3.8) is 0 Å². The van der Waals surface area contributed by atoms with Crippen molar-refractivity contribution in [2.45, 2.75) is 23.1 Å². The zero-order chi connectivity index (χ0) is 26.6. The summed E-state index contributed by atoms with van der Waals surface area (Å²) in [5.41, 5.74) is 1.97. The minimum absolute atomic E-state index is 0.0182. The average Bonchev–Trinajstić information content (AvgIpc) is 3.50. The number of benzene rings is 3. The molecule has 38 heavy (non-hydrogen) atoms. The number of hydrogen-bond acceptors (Lipinski definition) is 8. The lowest BCUT2D eigenvalue weighted by Crippen LogP contribution is -2.29. The van der Waals surface area contributed by atoms with Crippen LogP contribution in [0.3, 0.4) is 0 Å². The van der Waals surface area contributed by atoms with Crippen molar-refractivity contribution in [3.05, 3.63) is 106 Å². The second kappa shape index (κ2) is 11.4. The first-order valence-corrected chi connectivity index (χ1v) is 13.9. The van der Waals surface area contributed by atoms with Gasteiger partial charge in [-0.1, -0.05) is 95.4 Å². The highest BCUT2D eigenvalue weighted by molar-refractivity contribution is 8.00. The molecule has 1 saturated heterocycles. The van der Waals surface area contributed by atoms with E-state index in [0.29, 0.717) is 38.6 Å². The smallest absolute Gasteiger partial charge is 0.301 e. The van der Waals surface area contributed by atoms with E-state index in [2.05, 4.69) is 10.2 Å². The summed E-state index contributed by atoms with van der Waals surface area (Å²) in [5, 5.41) is 20.6. The Hall–Kier alpha value is -3.66. The van der Waals surface area contributed by atoms with Crippen LogP contribution in [-0.4, -0.2) is 33.6 Å². The number of amides is 1. The molecule has 4 aromatic rings.